The van der Waals surface area contributed by atoms with Crippen LogP contribution in [0, 0.1) is 5.82 Å². The minimum absolute atomic E-state index is 0.303. The van der Waals surface area contributed by atoms with Crippen molar-refractivity contribution in [3.8, 4) is 0 Å². The van der Waals surface area contributed by atoms with Crippen LogP contribution in [0.4, 0.5) is 4.39 Å². The fourth-order valence-corrected chi connectivity index (χ4v) is 0.943. The minimum Gasteiger partial charge on any atom is -0.359 e. The van der Waals surface area contributed by atoms with Gasteiger partial charge in [-0.2, -0.15) is 0 Å². The lowest BCUT2D eigenvalue weighted by molar-refractivity contribution is 0.631. The van der Waals surface area contributed by atoms with Gasteiger partial charge in [0.05, 0.1) is 11.7 Å². The molecule has 0 amide bonds. The predicted octanol–water partition coefficient (Wildman–Crippen LogP) is 1.70. The average molecular weight is 136 g/mol. The molecule has 0 radical (unpaired) electrons. The molecule has 2 rings (SSSR count). The topological polar surface area (TPSA) is 28.7 Å². The third kappa shape index (κ3) is 0.603. The lowest BCUT2D eigenvalue weighted by Crippen LogP contribution is -1.78. The van der Waals surface area contributed by atoms with Gasteiger partial charge in [0.1, 0.15) is 0 Å². The van der Waals surface area contributed by atoms with Crippen molar-refractivity contribution in [3.63, 3.8) is 0 Å². The number of hydrogen-bond acceptors (Lipinski definition) is 1. The van der Waals surface area contributed by atoms with Crippen LogP contribution in [0.25, 0.3) is 10.9 Å². The van der Waals surface area contributed by atoms with Crippen LogP contribution in [0.3, 0.4) is 0 Å². The first kappa shape index (κ1) is 5.41. The molecule has 0 saturated heterocycles. The SMILES string of the molecule is Fc1cncc2cc[nH]c12. The molecule has 0 aliphatic heterocycles. The summed E-state index contributed by atoms with van der Waals surface area (Å²) < 4.78 is 12.7. The van der Waals surface area contributed by atoms with Crippen LogP contribution in [0.15, 0.2) is 24.7 Å². The highest BCUT2D eigenvalue weighted by Gasteiger charge is 1.98. The van der Waals surface area contributed by atoms with E-state index in [9.17, 15) is 4.39 Å². The molecular formula is C7H5FN2. The van der Waals surface area contributed by atoms with Crippen LogP contribution in [0.2, 0.25) is 0 Å². The smallest absolute Gasteiger partial charge is 0.165 e. The Morgan fingerprint density at radius 1 is 1.40 bits per heavy atom. The summed E-state index contributed by atoms with van der Waals surface area (Å²) >= 11 is 0. The van der Waals surface area contributed by atoms with E-state index < -0.39 is 0 Å². The summed E-state index contributed by atoms with van der Waals surface area (Å²) in [5.41, 5.74) is 0.523. The number of H-pyrrole nitrogens is 1. The van der Waals surface area contributed by atoms with E-state index in [1.165, 1.54) is 6.20 Å². The highest BCUT2D eigenvalue weighted by Crippen LogP contribution is 2.12. The van der Waals surface area contributed by atoms with Crippen LogP contribution < -0.4 is 0 Å². The van der Waals surface area contributed by atoms with E-state index in [0.29, 0.717) is 5.52 Å². The zero-order chi connectivity index (χ0) is 6.97. The molecule has 1 N–H and O–H groups in total. The molecule has 0 aromatic carbocycles. The Labute approximate surface area is 56.7 Å². The van der Waals surface area contributed by atoms with Gasteiger partial charge in [-0.05, 0) is 6.07 Å². The van der Waals surface area contributed by atoms with Crippen molar-refractivity contribution < 1.29 is 4.39 Å². The molecule has 2 nitrogen and oxygen atoms in total. The Kier molecular flexibility index (Phi) is 0.974. The molecule has 3 heteroatoms. The van der Waals surface area contributed by atoms with Crippen molar-refractivity contribution in [2.45, 2.75) is 0 Å². The number of nitrogens with one attached hydrogen (secondary N) is 1. The molecule has 50 valence electrons. The summed E-state index contributed by atoms with van der Waals surface area (Å²) in [7, 11) is 0. The molecule has 0 spiro atoms. The highest BCUT2D eigenvalue weighted by molar-refractivity contribution is 5.78. The first-order valence-electron chi connectivity index (χ1n) is 2.94. The van der Waals surface area contributed by atoms with Crippen molar-refractivity contribution in [1.82, 2.24) is 9.97 Å². The Hall–Kier alpha value is -1.38. The van der Waals surface area contributed by atoms with Gasteiger partial charge in [-0.15, -0.1) is 0 Å². The fourth-order valence-electron chi connectivity index (χ4n) is 0.943. The molecule has 0 unspecified atom stereocenters. The molecule has 0 saturated carbocycles. The van der Waals surface area contributed by atoms with Crippen LogP contribution in [0.5, 0.6) is 0 Å². The summed E-state index contributed by atoms with van der Waals surface area (Å²) in [6, 6.07) is 1.78. The summed E-state index contributed by atoms with van der Waals surface area (Å²) in [5.74, 6) is -0.303. The second-order valence-corrected chi connectivity index (χ2v) is 2.06. The molecule has 2 aromatic rings. The number of aromatic amines is 1. The molecule has 2 heterocycles. The fraction of sp³-hybridized carbons (Fsp3) is 0. The Morgan fingerprint density at radius 2 is 2.30 bits per heavy atom. The van der Waals surface area contributed by atoms with E-state index in [-0.39, 0.29) is 5.82 Å². The van der Waals surface area contributed by atoms with Gasteiger partial charge in [0.25, 0.3) is 0 Å². The lowest BCUT2D eigenvalue weighted by Gasteiger charge is -1.88. The molecule has 2 aromatic heterocycles. The van der Waals surface area contributed by atoms with E-state index in [4.69, 9.17) is 0 Å². The maximum absolute atomic E-state index is 12.7. The predicted molar refractivity (Wildman–Crippen MR) is 36.1 cm³/mol. The van der Waals surface area contributed by atoms with E-state index in [1.807, 2.05) is 0 Å². The summed E-state index contributed by atoms with van der Waals surface area (Å²) in [4.78, 5) is 6.46. The van der Waals surface area contributed by atoms with Crippen molar-refractivity contribution in [2.24, 2.45) is 0 Å². The first-order chi connectivity index (χ1) is 4.88. The quantitative estimate of drug-likeness (QED) is 0.586. The molecule has 0 aliphatic rings. The molecule has 10 heavy (non-hydrogen) atoms. The van der Waals surface area contributed by atoms with Gasteiger partial charge in [-0.3, -0.25) is 4.98 Å². The number of aromatic nitrogens is 2. The van der Waals surface area contributed by atoms with Gasteiger partial charge in [0.15, 0.2) is 5.82 Å². The number of pyridine rings is 1. The standard InChI is InChI=1S/C7H5FN2/c8-6-4-9-3-5-1-2-10-7(5)6/h1-4,10H. The van der Waals surface area contributed by atoms with Crippen LogP contribution in [0.1, 0.15) is 0 Å². The van der Waals surface area contributed by atoms with Crippen LogP contribution >= 0.6 is 0 Å². The van der Waals surface area contributed by atoms with Crippen molar-refractivity contribution in [1.29, 1.82) is 0 Å². The van der Waals surface area contributed by atoms with Gasteiger partial charge < -0.3 is 4.98 Å². The molecule has 0 atom stereocenters. The van der Waals surface area contributed by atoms with E-state index in [2.05, 4.69) is 9.97 Å². The third-order valence-electron chi connectivity index (χ3n) is 1.42. The second-order valence-electron chi connectivity index (χ2n) is 2.06. The Bertz CT molecular complexity index is 353. The van der Waals surface area contributed by atoms with Crippen molar-refractivity contribution >= 4 is 10.9 Å². The zero-order valence-corrected chi connectivity index (χ0v) is 5.13. The summed E-state index contributed by atoms with van der Waals surface area (Å²) in [6.07, 6.45) is 4.50. The van der Waals surface area contributed by atoms with Gasteiger partial charge >= 0.3 is 0 Å². The Balaban J connectivity index is 2.95. The molecule has 0 aliphatic carbocycles. The number of halogens is 1. The summed E-state index contributed by atoms with van der Waals surface area (Å²) in [6.45, 7) is 0. The number of fused-ring (bicyclic) bond motifs is 1. The second kappa shape index (κ2) is 1.80. The minimum atomic E-state index is -0.303. The van der Waals surface area contributed by atoms with E-state index >= 15 is 0 Å². The van der Waals surface area contributed by atoms with Gasteiger partial charge in [-0.25, -0.2) is 4.39 Å². The highest BCUT2D eigenvalue weighted by atomic mass is 19.1. The van der Waals surface area contributed by atoms with Crippen molar-refractivity contribution in [2.75, 3.05) is 0 Å². The van der Waals surface area contributed by atoms with Gasteiger partial charge in [-0.1, -0.05) is 0 Å². The summed E-state index contributed by atoms with van der Waals surface area (Å²) in [5, 5.41) is 0.806. The van der Waals surface area contributed by atoms with E-state index in [0.717, 1.165) is 5.39 Å². The number of nitrogens with zero attached hydrogens (tertiary/aromatic N) is 1. The van der Waals surface area contributed by atoms with Gasteiger partial charge in [0, 0.05) is 17.8 Å². The van der Waals surface area contributed by atoms with Crippen LogP contribution in [-0.2, 0) is 0 Å². The molecule has 0 fully saturated rings. The van der Waals surface area contributed by atoms with Crippen molar-refractivity contribution in [3.05, 3.63) is 30.5 Å². The zero-order valence-electron chi connectivity index (χ0n) is 5.13. The molecular weight excluding hydrogens is 131 g/mol. The lowest BCUT2D eigenvalue weighted by atomic mass is 10.3. The third-order valence-corrected chi connectivity index (χ3v) is 1.42. The van der Waals surface area contributed by atoms with Crippen LogP contribution in [-0.4, -0.2) is 9.97 Å². The largest absolute Gasteiger partial charge is 0.359 e. The normalized spacial score (nSPS) is 10.5. The van der Waals surface area contributed by atoms with Gasteiger partial charge in [0.2, 0.25) is 0 Å². The number of rotatable bonds is 0. The molecule has 0 bridgehead atoms. The average Bonchev–Trinajstić information content (AvgIpc) is 2.36. The first-order valence-corrected chi connectivity index (χ1v) is 2.94. The monoisotopic (exact) mass is 136 g/mol. The number of hydrogen-bond donors (Lipinski definition) is 1. The maximum atomic E-state index is 12.7. The Morgan fingerprint density at radius 3 is 3.10 bits per heavy atom. The van der Waals surface area contributed by atoms with E-state index in [1.54, 1.807) is 18.5 Å². The maximum Gasteiger partial charge on any atom is 0.165 e.